The zero-order chi connectivity index (χ0) is 11.6. The highest BCUT2D eigenvalue weighted by Crippen LogP contribution is 2.30. The minimum atomic E-state index is 0.0591. The molecule has 1 fully saturated rings. The summed E-state index contributed by atoms with van der Waals surface area (Å²) in [4.78, 5) is 6.85. The molecule has 1 aromatic heterocycles. The van der Waals surface area contributed by atoms with Gasteiger partial charge < -0.3 is 5.11 Å². The molecule has 0 radical (unpaired) electrons. The first-order valence-corrected chi connectivity index (χ1v) is 6.73. The maximum absolute atomic E-state index is 8.96. The third-order valence-corrected chi connectivity index (χ3v) is 4.21. The van der Waals surface area contributed by atoms with E-state index in [1.807, 2.05) is 5.38 Å². The van der Waals surface area contributed by atoms with E-state index >= 15 is 0 Å². The molecule has 0 unspecified atom stereocenters. The van der Waals surface area contributed by atoms with Crippen LogP contribution in [0.25, 0.3) is 0 Å². The van der Waals surface area contributed by atoms with Gasteiger partial charge in [0.2, 0.25) is 0 Å². The standard InChI is InChI=1S/C12H20N2OS/c1-12(2)3-5-14(6-4-12)7-11-13-10(8-15)9-16-11/h9,15H,3-8H2,1-2H3. The molecule has 1 aromatic rings. The van der Waals surface area contributed by atoms with E-state index in [4.69, 9.17) is 5.11 Å². The van der Waals surface area contributed by atoms with Crippen LogP contribution in [0.3, 0.4) is 0 Å². The van der Waals surface area contributed by atoms with Crippen LogP contribution in [-0.4, -0.2) is 28.1 Å². The smallest absolute Gasteiger partial charge is 0.107 e. The predicted molar refractivity (Wildman–Crippen MR) is 66.3 cm³/mol. The Bertz CT molecular complexity index is 339. The molecule has 0 aliphatic carbocycles. The first kappa shape index (κ1) is 12.0. The van der Waals surface area contributed by atoms with Gasteiger partial charge >= 0.3 is 0 Å². The SMILES string of the molecule is CC1(C)CCN(Cc2nc(CO)cs2)CC1. The minimum Gasteiger partial charge on any atom is -0.390 e. The lowest BCUT2D eigenvalue weighted by Gasteiger charge is -2.36. The Morgan fingerprint density at radius 2 is 2.12 bits per heavy atom. The van der Waals surface area contributed by atoms with Crippen LogP contribution in [0.5, 0.6) is 0 Å². The first-order chi connectivity index (χ1) is 7.59. The van der Waals surface area contributed by atoms with Gasteiger partial charge in [-0.1, -0.05) is 13.8 Å². The van der Waals surface area contributed by atoms with Crippen LogP contribution in [0.2, 0.25) is 0 Å². The van der Waals surface area contributed by atoms with Gasteiger partial charge in [-0.25, -0.2) is 4.98 Å². The topological polar surface area (TPSA) is 36.4 Å². The van der Waals surface area contributed by atoms with Gasteiger partial charge in [0.1, 0.15) is 5.01 Å². The van der Waals surface area contributed by atoms with Crippen LogP contribution in [0.15, 0.2) is 5.38 Å². The molecule has 0 amide bonds. The zero-order valence-corrected chi connectivity index (χ0v) is 10.9. The van der Waals surface area contributed by atoms with Crippen LogP contribution in [0.4, 0.5) is 0 Å². The summed E-state index contributed by atoms with van der Waals surface area (Å²) in [5, 5.41) is 12.0. The number of aromatic nitrogens is 1. The van der Waals surface area contributed by atoms with E-state index in [1.54, 1.807) is 11.3 Å². The Labute approximate surface area is 101 Å². The Kier molecular flexibility index (Phi) is 3.62. The maximum atomic E-state index is 8.96. The van der Waals surface area contributed by atoms with Gasteiger partial charge in [-0.2, -0.15) is 0 Å². The molecule has 2 heterocycles. The molecule has 0 saturated carbocycles. The average molecular weight is 240 g/mol. The highest BCUT2D eigenvalue weighted by molar-refractivity contribution is 7.09. The van der Waals surface area contributed by atoms with Crippen molar-refractivity contribution in [2.24, 2.45) is 5.41 Å². The molecular formula is C12H20N2OS. The lowest BCUT2D eigenvalue weighted by Crippen LogP contribution is -2.36. The molecule has 16 heavy (non-hydrogen) atoms. The van der Waals surface area contributed by atoms with E-state index in [2.05, 4.69) is 23.7 Å². The number of thiazole rings is 1. The largest absolute Gasteiger partial charge is 0.390 e. The highest BCUT2D eigenvalue weighted by atomic mass is 32.1. The summed E-state index contributed by atoms with van der Waals surface area (Å²) in [6, 6.07) is 0. The van der Waals surface area contributed by atoms with Gasteiger partial charge in [-0.05, 0) is 31.3 Å². The number of aliphatic hydroxyl groups is 1. The number of likely N-dealkylation sites (tertiary alicyclic amines) is 1. The van der Waals surface area contributed by atoms with Gasteiger partial charge in [0, 0.05) is 5.38 Å². The molecule has 0 aromatic carbocycles. The van der Waals surface area contributed by atoms with E-state index in [9.17, 15) is 0 Å². The number of rotatable bonds is 3. The monoisotopic (exact) mass is 240 g/mol. The second-order valence-electron chi connectivity index (χ2n) is 5.33. The number of hydrogen-bond acceptors (Lipinski definition) is 4. The van der Waals surface area contributed by atoms with Crippen molar-refractivity contribution in [3.63, 3.8) is 0 Å². The van der Waals surface area contributed by atoms with Crippen molar-refractivity contribution in [1.29, 1.82) is 0 Å². The van der Waals surface area contributed by atoms with Crippen LogP contribution in [-0.2, 0) is 13.2 Å². The number of nitrogens with zero attached hydrogens (tertiary/aromatic N) is 2. The summed E-state index contributed by atoms with van der Waals surface area (Å²) in [6.07, 6.45) is 2.54. The second-order valence-corrected chi connectivity index (χ2v) is 6.27. The second kappa shape index (κ2) is 4.82. The van der Waals surface area contributed by atoms with E-state index in [1.165, 1.54) is 25.9 Å². The van der Waals surface area contributed by atoms with Gasteiger partial charge in [0.15, 0.2) is 0 Å². The van der Waals surface area contributed by atoms with Crippen molar-refractivity contribution in [2.45, 2.75) is 39.8 Å². The Morgan fingerprint density at radius 1 is 1.44 bits per heavy atom. The summed E-state index contributed by atoms with van der Waals surface area (Å²) >= 11 is 1.65. The number of piperidine rings is 1. The first-order valence-electron chi connectivity index (χ1n) is 5.85. The van der Waals surface area contributed by atoms with Gasteiger partial charge in [-0.3, -0.25) is 4.90 Å². The summed E-state index contributed by atoms with van der Waals surface area (Å²) < 4.78 is 0. The van der Waals surface area contributed by atoms with Gasteiger partial charge in [-0.15, -0.1) is 11.3 Å². The van der Waals surface area contributed by atoms with Crippen molar-refractivity contribution in [1.82, 2.24) is 9.88 Å². The Hall–Kier alpha value is -0.450. The van der Waals surface area contributed by atoms with Crippen LogP contribution in [0.1, 0.15) is 37.4 Å². The van der Waals surface area contributed by atoms with Crippen LogP contribution < -0.4 is 0 Å². The lowest BCUT2D eigenvalue weighted by molar-refractivity contribution is 0.127. The fourth-order valence-corrected chi connectivity index (χ4v) is 2.83. The summed E-state index contributed by atoms with van der Waals surface area (Å²) in [6.45, 7) is 8.03. The summed E-state index contributed by atoms with van der Waals surface area (Å²) in [7, 11) is 0. The van der Waals surface area contributed by atoms with E-state index in [-0.39, 0.29) is 6.61 Å². The van der Waals surface area contributed by atoms with Crippen molar-refractivity contribution in [3.8, 4) is 0 Å². The highest BCUT2D eigenvalue weighted by Gasteiger charge is 2.25. The van der Waals surface area contributed by atoms with Gasteiger partial charge in [0.25, 0.3) is 0 Å². The third-order valence-electron chi connectivity index (χ3n) is 3.33. The van der Waals surface area contributed by atoms with Crippen molar-refractivity contribution >= 4 is 11.3 Å². The molecule has 2 rings (SSSR count). The number of hydrogen-bond donors (Lipinski definition) is 1. The molecule has 0 atom stereocenters. The predicted octanol–water partition coefficient (Wildman–Crippen LogP) is 2.26. The van der Waals surface area contributed by atoms with Crippen LogP contribution in [0, 0.1) is 5.41 Å². The molecule has 1 N–H and O–H groups in total. The summed E-state index contributed by atoms with van der Waals surface area (Å²) in [5.74, 6) is 0. The molecule has 0 spiro atoms. The van der Waals surface area contributed by atoms with E-state index < -0.39 is 0 Å². The van der Waals surface area contributed by atoms with Gasteiger partial charge in [0.05, 0.1) is 18.8 Å². The molecule has 1 saturated heterocycles. The van der Waals surface area contributed by atoms with E-state index in [0.717, 1.165) is 17.2 Å². The zero-order valence-electron chi connectivity index (χ0n) is 10.1. The fraction of sp³-hybridized carbons (Fsp3) is 0.750. The molecule has 4 heteroatoms. The molecule has 1 aliphatic rings. The molecule has 90 valence electrons. The normalized spacial score (nSPS) is 21.2. The van der Waals surface area contributed by atoms with E-state index in [0.29, 0.717) is 5.41 Å². The molecular weight excluding hydrogens is 220 g/mol. The third kappa shape index (κ3) is 3.03. The number of aliphatic hydroxyl groups excluding tert-OH is 1. The van der Waals surface area contributed by atoms with Crippen molar-refractivity contribution < 1.29 is 5.11 Å². The quantitative estimate of drug-likeness (QED) is 0.880. The van der Waals surface area contributed by atoms with Crippen LogP contribution >= 0.6 is 11.3 Å². The maximum Gasteiger partial charge on any atom is 0.107 e. The minimum absolute atomic E-state index is 0.0591. The Balaban J connectivity index is 1.87. The summed E-state index contributed by atoms with van der Waals surface area (Å²) in [5.41, 5.74) is 1.31. The average Bonchev–Trinajstić information content (AvgIpc) is 2.69. The molecule has 0 bridgehead atoms. The lowest BCUT2D eigenvalue weighted by atomic mass is 9.83. The van der Waals surface area contributed by atoms with Crippen molar-refractivity contribution in [2.75, 3.05) is 13.1 Å². The molecule has 3 nitrogen and oxygen atoms in total. The molecule has 1 aliphatic heterocycles. The van der Waals surface area contributed by atoms with Crippen molar-refractivity contribution in [3.05, 3.63) is 16.1 Å². The fourth-order valence-electron chi connectivity index (χ4n) is 2.00. The Morgan fingerprint density at radius 3 is 2.69 bits per heavy atom.